The largest absolute Gasteiger partial charge is 0.414 e. The predicted molar refractivity (Wildman–Crippen MR) is 113 cm³/mol. The van der Waals surface area contributed by atoms with E-state index in [0.717, 1.165) is 5.69 Å². The molecule has 9 heteroatoms. The Balaban J connectivity index is 1.51. The number of rotatable bonds is 8. The van der Waals surface area contributed by atoms with Crippen LogP contribution in [0.15, 0.2) is 58.2 Å². The Morgan fingerprint density at radius 2 is 1.90 bits per heavy atom. The van der Waals surface area contributed by atoms with E-state index in [1.165, 1.54) is 18.7 Å². The molecule has 7 nitrogen and oxygen atoms in total. The minimum absolute atomic E-state index is 0.0242. The molecule has 0 aliphatic carbocycles. The Hall–Kier alpha value is -2.84. The van der Waals surface area contributed by atoms with Gasteiger partial charge in [0, 0.05) is 22.0 Å². The molecule has 0 unspecified atom stereocenters. The quantitative estimate of drug-likeness (QED) is 0.396. The third-order valence-electron chi connectivity index (χ3n) is 3.92. The number of carbonyl (C=O) groups is 2. The highest BCUT2D eigenvalue weighted by Gasteiger charge is 2.18. The number of aromatic nitrogens is 2. The second-order valence-corrected chi connectivity index (χ2v) is 7.94. The van der Waals surface area contributed by atoms with Crippen LogP contribution in [-0.2, 0) is 11.3 Å². The topological polar surface area (TPSA) is 97.1 Å². The minimum atomic E-state index is -0.448. The van der Waals surface area contributed by atoms with Crippen LogP contribution in [-0.4, -0.2) is 27.1 Å². The third-order valence-corrected chi connectivity index (χ3v) is 5.09. The summed E-state index contributed by atoms with van der Waals surface area (Å²) in [7, 11) is 0. The second-order valence-electron chi connectivity index (χ2n) is 6.21. The number of nitrogens with zero attached hydrogens (tertiary/aromatic N) is 2. The van der Waals surface area contributed by atoms with Crippen LogP contribution < -0.4 is 10.6 Å². The van der Waals surface area contributed by atoms with Gasteiger partial charge in [0.1, 0.15) is 0 Å². The second kappa shape index (κ2) is 9.58. The molecule has 0 aliphatic heterocycles. The van der Waals surface area contributed by atoms with Gasteiger partial charge >= 0.3 is 0 Å². The molecule has 2 N–H and O–H groups in total. The van der Waals surface area contributed by atoms with Gasteiger partial charge in [-0.1, -0.05) is 29.4 Å². The number of hydrogen-bond donors (Lipinski definition) is 2. The van der Waals surface area contributed by atoms with Crippen LogP contribution in [0.4, 0.5) is 11.4 Å². The fraction of sp³-hybridized carbons (Fsp3) is 0.200. The SMILES string of the molecule is CC(=O)c1ccc(NC(=O)[C@H](C)Sc2nnc(CNc3cccc(Cl)c3)o2)cc1. The summed E-state index contributed by atoms with van der Waals surface area (Å²) in [4.78, 5) is 23.7. The van der Waals surface area contributed by atoms with E-state index in [1.807, 2.05) is 12.1 Å². The lowest BCUT2D eigenvalue weighted by Gasteiger charge is -2.10. The van der Waals surface area contributed by atoms with Crippen LogP contribution in [0.25, 0.3) is 0 Å². The van der Waals surface area contributed by atoms with Crippen molar-refractivity contribution in [2.75, 3.05) is 10.6 Å². The molecule has 0 spiro atoms. The van der Waals surface area contributed by atoms with E-state index in [-0.39, 0.29) is 11.7 Å². The van der Waals surface area contributed by atoms with E-state index >= 15 is 0 Å². The molecule has 1 aromatic heterocycles. The van der Waals surface area contributed by atoms with Crippen molar-refractivity contribution in [2.45, 2.75) is 30.9 Å². The molecular weight excluding hydrogens is 412 g/mol. The van der Waals surface area contributed by atoms with Gasteiger partial charge in [-0.05, 0) is 56.3 Å². The highest BCUT2D eigenvalue weighted by Crippen LogP contribution is 2.24. The maximum Gasteiger partial charge on any atom is 0.277 e. The smallest absolute Gasteiger partial charge is 0.277 e. The molecule has 2 aromatic carbocycles. The number of benzene rings is 2. The van der Waals surface area contributed by atoms with Crippen molar-refractivity contribution in [3.63, 3.8) is 0 Å². The first kappa shape index (κ1) is 20.9. The predicted octanol–water partition coefficient (Wildman–Crippen LogP) is 4.66. The van der Waals surface area contributed by atoms with E-state index in [1.54, 1.807) is 43.3 Å². The van der Waals surface area contributed by atoms with E-state index in [2.05, 4.69) is 20.8 Å². The molecule has 1 amide bonds. The van der Waals surface area contributed by atoms with Gasteiger partial charge in [-0.25, -0.2) is 0 Å². The Bertz CT molecular complexity index is 1010. The van der Waals surface area contributed by atoms with E-state index in [4.69, 9.17) is 16.0 Å². The molecule has 0 radical (unpaired) electrons. The van der Waals surface area contributed by atoms with Crippen LogP contribution in [0.5, 0.6) is 0 Å². The summed E-state index contributed by atoms with van der Waals surface area (Å²) in [5.41, 5.74) is 2.05. The molecule has 0 saturated heterocycles. The Morgan fingerprint density at radius 1 is 1.14 bits per heavy atom. The minimum Gasteiger partial charge on any atom is -0.414 e. The van der Waals surface area contributed by atoms with E-state index in [0.29, 0.717) is 33.9 Å². The zero-order valence-electron chi connectivity index (χ0n) is 15.8. The van der Waals surface area contributed by atoms with Crippen LogP contribution in [0, 0.1) is 0 Å². The monoisotopic (exact) mass is 430 g/mol. The summed E-state index contributed by atoms with van der Waals surface area (Å²) < 4.78 is 5.58. The zero-order valence-corrected chi connectivity index (χ0v) is 17.4. The summed E-state index contributed by atoms with van der Waals surface area (Å²) in [6, 6.07) is 14.0. The van der Waals surface area contributed by atoms with E-state index < -0.39 is 5.25 Å². The molecule has 29 heavy (non-hydrogen) atoms. The molecule has 0 fully saturated rings. The Kier molecular flexibility index (Phi) is 6.90. The zero-order chi connectivity index (χ0) is 20.8. The van der Waals surface area contributed by atoms with Gasteiger partial charge in [0.05, 0.1) is 11.8 Å². The number of hydrogen-bond acceptors (Lipinski definition) is 7. The molecule has 3 rings (SSSR count). The van der Waals surface area contributed by atoms with Crippen LogP contribution in [0.2, 0.25) is 5.02 Å². The van der Waals surface area contributed by atoms with Gasteiger partial charge in [-0.15, -0.1) is 10.2 Å². The summed E-state index contributed by atoms with van der Waals surface area (Å²) >= 11 is 7.12. The average molecular weight is 431 g/mol. The summed E-state index contributed by atoms with van der Waals surface area (Å²) in [5, 5.41) is 14.4. The number of Topliss-reactive ketones (excluding diaryl/α,β-unsaturated/α-hetero) is 1. The average Bonchev–Trinajstić information content (AvgIpc) is 3.14. The van der Waals surface area contributed by atoms with Gasteiger partial charge in [0.25, 0.3) is 5.22 Å². The molecule has 1 heterocycles. The lowest BCUT2D eigenvalue weighted by atomic mass is 10.1. The number of thioether (sulfide) groups is 1. The lowest BCUT2D eigenvalue weighted by molar-refractivity contribution is -0.115. The van der Waals surface area contributed by atoms with Gasteiger partial charge in [0.2, 0.25) is 11.8 Å². The van der Waals surface area contributed by atoms with Crippen molar-refractivity contribution in [3.8, 4) is 0 Å². The highest BCUT2D eigenvalue weighted by atomic mass is 35.5. The number of nitrogens with one attached hydrogen (secondary N) is 2. The van der Waals surface area contributed by atoms with Crippen LogP contribution in [0.3, 0.4) is 0 Å². The highest BCUT2D eigenvalue weighted by molar-refractivity contribution is 8.00. The van der Waals surface area contributed by atoms with Crippen molar-refractivity contribution in [3.05, 3.63) is 65.0 Å². The maximum atomic E-state index is 12.4. The number of ketones is 1. The first-order valence-electron chi connectivity index (χ1n) is 8.81. The molecule has 0 aliphatic rings. The fourth-order valence-electron chi connectivity index (χ4n) is 2.37. The summed E-state index contributed by atoms with van der Waals surface area (Å²) in [6.07, 6.45) is 0. The molecular formula is C20H19ClN4O3S. The van der Waals surface area contributed by atoms with Gasteiger partial charge in [-0.2, -0.15) is 0 Å². The normalized spacial score (nSPS) is 11.7. The third kappa shape index (κ3) is 6.07. The van der Waals surface area contributed by atoms with E-state index in [9.17, 15) is 9.59 Å². The summed E-state index contributed by atoms with van der Waals surface area (Å²) in [5.74, 6) is 0.172. The maximum absolute atomic E-state index is 12.4. The lowest BCUT2D eigenvalue weighted by Crippen LogP contribution is -2.22. The summed E-state index contributed by atoms with van der Waals surface area (Å²) in [6.45, 7) is 3.59. The molecule has 150 valence electrons. The molecule has 3 aromatic rings. The van der Waals surface area contributed by atoms with Gasteiger partial charge in [0.15, 0.2) is 5.78 Å². The molecule has 0 bridgehead atoms. The molecule has 0 saturated carbocycles. The van der Waals surface area contributed by atoms with Crippen molar-refractivity contribution in [1.29, 1.82) is 0 Å². The van der Waals surface area contributed by atoms with Gasteiger partial charge < -0.3 is 15.1 Å². The van der Waals surface area contributed by atoms with Crippen molar-refractivity contribution in [1.82, 2.24) is 10.2 Å². The number of halogens is 1. The first-order valence-corrected chi connectivity index (χ1v) is 10.1. The fourth-order valence-corrected chi connectivity index (χ4v) is 3.26. The Morgan fingerprint density at radius 3 is 2.59 bits per heavy atom. The molecule has 1 atom stereocenters. The Labute approximate surface area is 177 Å². The number of carbonyl (C=O) groups excluding carboxylic acids is 2. The van der Waals surface area contributed by atoms with Crippen molar-refractivity contribution < 1.29 is 14.0 Å². The van der Waals surface area contributed by atoms with Crippen LogP contribution in [0.1, 0.15) is 30.1 Å². The van der Waals surface area contributed by atoms with Crippen molar-refractivity contribution >= 4 is 46.4 Å². The van der Waals surface area contributed by atoms with Crippen LogP contribution >= 0.6 is 23.4 Å². The van der Waals surface area contributed by atoms with Gasteiger partial charge in [-0.3, -0.25) is 9.59 Å². The number of amides is 1. The number of anilines is 2. The first-order chi connectivity index (χ1) is 13.9. The standard InChI is InChI=1S/C20H19ClN4O3S/c1-12(26)14-6-8-16(9-7-14)23-19(27)13(2)29-20-25-24-18(28-20)11-22-17-5-3-4-15(21)10-17/h3-10,13,22H,11H2,1-2H3,(H,23,27)/t13-/m0/s1. The van der Waals surface area contributed by atoms with Crippen molar-refractivity contribution in [2.24, 2.45) is 0 Å².